The van der Waals surface area contributed by atoms with Gasteiger partial charge in [0, 0.05) is 24.0 Å². The van der Waals surface area contributed by atoms with E-state index in [0.717, 1.165) is 30.0 Å². The van der Waals surface area contributed by atoms with Crippen LogP contribution >= 0.6 is 0 Å². The van der Waals surface area contributed by atoms with Crippen LogP contribution in [0.2, 0.25) is 0 Å². The van der Waals surface area contributed by atoms with Gasteiger partial charge in [-0.2, -0.15) is 0 Å². The molecule has 2 rings (SSSR count). The van der Waals surface area contributed by atoms with Gasteiger partial charge in [0.2, 0.25) is 0 Å². The largest absolute Gasteiger partial charge is 0.339 e. The van der Waals surface area contributed by atoms with Gasteiger partial charge in [0.05, 0.1) is 6.20 Å². The van der Waals surface area contributed by atoms with Crippen LogP contribution in [0.3, 0.4) is 0 Å². The van der Waals surface area contributed by atoms with Crippen LogP contribution in [0.5, 0.6) is 0 Å². The third-order valence-corrected chi connectivity index (χ3v) is 3.20. The third kappa shape index (κ3) is 3.83. The predicted molar refractivity (Wildman–Crippen MR) is 80.8 cm³/mol. The maximum atomic E-state index is 6.09. The second-order valence-electron chi connectivity index (χ2n) is 4.76. The molecule has 19 heavy (non-hydrogen) atoms. The summed E-state index contributed by atoms with van der Waals surface area (Å²) >= 11 is 0. The number of hydrogen-bond acceptors (Lipinski definition) is 4. The highest BCUT2D eigenvalue weighted by Crippen LogP contribution is 2.18. The van der Waals surface area contributed by atoms with Gasteiger partial charge in [0.1, 0.15) is 5.82 Å². The van der Waals surface area contributed by atoms with E-state index in [2.05, 4.69) is 17.2 Å². The minimum atomic E-state index is 0.844. The molecule has 0 spiro atoms. The molecule has 4 nitrogen and oxygen atoms in total. The van der Waals surface area contributed by atoms with Crippen molar-refractivity contribution < 1.29 is 0 Å². The molecule has 0 saturated carbocycles. The molecule has 1 aliphatic heterocycles. The van der Waals surface area contributed by atoms with Crippen molar-refractivity contribution >= 4 is 11.9 Å². The fourth-order valence-corrected chi connectivity index (χ4v) is 2.06. The second kappa shape index (κ2) is 6.95. The van der Waals surface area contributed by atoms with E-state index in [0.29, 0.717) is 0 Å². The Morgan fingerprint density at radius 2 is 2.05 bits per heavy atom. The van der Waals surface area contributed by atoms with Gasteiger partial charge in [-0.05, 0) is 12.5 Å². The SMILES string of the molecule is CCCCCCN(N)C1=CN=Cc2ccccc2N1. The van der Waals surface area contributed by atoms with Gasteiger partial charge >= 0.3 is 0 Å². The fourth-order valence-electron chi connectivity index (χ4n) is 2.06. The molecular formula is C15H22N4. The number of aliphatic imine (C=N–C) groups is 1. The molecule has 0 atom stereocenters. The standard InChI is InChI=1S/C15H22N4/c1-2-3-4-7-10-19(16)15-12-17-11-13-8-5-6-9-14(13)18-15/h5-6,8-9,11-12,18H,2-4,7,10,16H2,1H3. The average Bonchev–Trinajstić information content (AvgIpc) is 2.65. The Morgan fingerprint density at radius 1 is 1.21 bits per heavy atom. The van der Waals surface area contributed by atoms with Gasteiger partial charge in [-0.3, -0.25) is 10.0 Å². The first-order valence-electron chi connectivity index (χ1n) is 6.93. The lowest BCUT2D eigenvalue weighted by atomic mass is 10.2. The minimum absolute atomic E-state index is 0.844. The maximum Gasteiger partial charge on any atom is 0.139 e. The lowest BCUT2D eigenvalue weighted by Crippen LogP contribution is -2.34. The number of rotatable bonds is 6. The molecule has 0 aliphatic carbocycles. The molecule has 1 aromatic rings. The Bertz CT molecular complexity index is 465. The molecule has 0 bridgehead atoms. The zero-order valence-corrected chi connectivity index (χ0v) is 11.5. The van der Waals surface area contributed by atoms with Gasteiger partial charge in [-0.1, -0.05) is 44.4 Å². The Labute approximate surface area is 115 Å². The average molecular weight is 258 g/mol. The van der Waals surface area contributed by atoms with Gasteiger partial charge in [-0.15, -0.1) is 0 Å². The number of fused-ring (bicyclic) bond motifs is 1. The Hall–Kier alpha value is -1.81. The topological polar surface area (TPSA) is 53.6 Å². The smallest absolute Gasteiger partial charge is 0.139 e. The van der Waals surface area contributed by atoms with Crippen LogP contribution < -0.4 is 11.2 Å². The van der Waals surface area contributed by atoms with E-state index in [-0.39, 0.29) is 0 Å². The van der Waals surface area contributed by atoms with E-state index < -0.39 is 0 Å². The summed E-state index contributed by atoms with van der Waals surface area (Å²) in [5.41, 5.74) is 2.12. The van der Waals surface area contributed by atoms with Crippen LogP contribution in [-0.2, 0) is 0 Å². The van der Waals surface area contributed by atoms with Gasteiger partial charge < -0.3 is 5.32 Å². The quantitative estimate of drug-likeness (QED) is 0.468. The number of para-hydroxylation sites is 1. The molecule has 1 heterocycles. The third-order valence-electron chi connectivity index (χ3n) is 3.20. The second-order valence-corrected chi connectivity index (χ2v) is 4.76. The van der Waals surface area contributed by atoms with Crippen molar-refractivity contribution in [2.75, 3.05) is 11.9 Å². The lowest BCUT2D eigenvalue weighted by Gasteiger charge is -2.22. The summed E-state index contributed by atoms with van der Waals surface area (Å²) in [6, 6.07) is 8.07. The van der Waals surface area contributed by atoms with Crippen molar-refractivity contribution in [1.29, 1.82) is 0 Å². The molecule has 0 radical (unpaired) electrons. The van der Waals surface area contributed by atoms with Crippen molar-refractivity contribution in [3.8, 4) is 0 Å². The normalized spacial score (nSPS) is 13.3. The van der Waals surface area contributed by atoms with Crippen LogP contribution in [0, 0.1) is 0 Å². The van der Waals surface area contributed by atoms with Crippen molar-refractivity contribution in [2.45, 2.75) is 32.6 Å². The molecule has 0 saturated heterocycles. The maximum absolute atomic E-state index is 6.09. The highest BCUT2D eigenvalue weighted by atomic mass is 15.5. The van der Waals surface area contributed by atoms with E-state index in [9.17, 15) is 0 Å². The lowest BCUT2D eigenvalue weighted by molar-refractivity contribution is 0.349. The number of benzene rings is 1. The van der Waals surface area contributed by atoms with Crippen molar-refractivity contribution in [3.63, 3.8) is 0 Å². The number of nitrogens with two attached hydrogens (primary N) is 1. The minimum Gasteiger partial charge on any atom is -0.339 e. The summed E-state index contributed by atoms with van der Waals surface area (Å²) in [4.78, 5) is 4.29. The molecule has 0 unspecified atom stereocenters. The van der Waals surface area contributed by atoms with Crippen molar-refractivity contribution in [1.82, 2.24) is 5.01 Å². The van der Waals surface area contributed by atoms with Crippen molar-refractivity contribution in [3.05, 3.63) is 41.8 Å². The van der Waals surface area contributed by atoms with Gasteiger partial charge in [-0.25, -0.2) is 5.84 Å². The molecule has 3 N–H and O–H groups in total. The van der Waals surface area contributed by atoms with E-state index >= 15 is 0 Å². The molecule has 0 amide bonds. The molecule has 0 aromatic heterocycles. The predicted octanol–water partition coefficient (Wildman–Crippen LogP) is 3.09. The van der Waals surface area contributed by atoms with E-state index in [1.165, 1.54) is 19.3 Å². The number of nitrogens with zero attached hydrogens (tertiary/aromatic N) is 2. The number of hydrogen-bond donors (Lipinski definition) is 2. The number of unbranched alkanes of at least 4 members (excludes halogenated alkanes) is 3. The van der Waals surface area contributed by atoms with Crippen LogP contribution in [0.1, 0.15) is 38.2 Å². The first-order valence-corrected chi connectivity index (χ1v) is 6.93. The Morgan fingerprint density at radius 3 is 2.89 bits per heavy atom. The number of nitrogens with one attached hydrogen (secondary N) is 1. The molecule has 102 valence electrons. The fraction of sp³-hybridized carbons (Fsp3) is 0.400. The highest BCUT2D eigenvalue weighted by molar-refractivity contribution is 5.89. The highest BCUT2D eigenvalue weighted by Gasteiger charge is 2.09. The summed E-state index contributed by atoms with van der Waals surface area (Å²) < 4.78 is 0. The zero-order valence-electron chi connectivity index (χ0n) is 11.5. The van der Waals surface area contributed by atoms with Crippen molar-refractivity contribution in [2.24, 2.45) is 10.8 Å². The summed E-state index contributed by atoms with van der Waals surface area (Å²) in [7, 11) is 0. The number of hydrazine groups is 1. The monoisotopic (exact) mass is 258 g/mol. The first kappa shape index (κ1) is 13.6. The molecule has 4 heteroatoms. The number of anilines is 1. The zero-order chi connectivity index (χ0) is 13.5. The molecule has 0 fully saturated rings. The van der Waals surface area contributed by atoms with E-state index in [1.807, 2.05) is 30.5 Å². The van der Waals surface area contributed by atoms with Crippen LogP contribution in [0.25, 0.3) is 0 Å². The molecule has 1 aliphatic rings. The van der Waals surface area contributed by atoms with Gasteiger partial charge in [0.15, 0.2) is 0 Å². The first-order chi connectivity index (χ1) is 9.31. The Balaban J connectivity index is 1.95. The summed E-state index contributed by atoms with van der Waals surface area (Å²) in [6.07, 6.45) is 8.45. The van der Waals surface area contributed by atoms with Crippen LogP contribution in [0.4, 0.5) is 5.69 Å². The summed E-state index contributed by atoms with van der Waals surface area (Å²) in [5, 5.41) is 5.08. The van der Waals surface area contributed by atoms with Crippen LogP contribution in [0.15, 0.2) is 41.3 Å². The molecule has 1 aromatic carbocycles. The van der Waals surface area contributed by atoms with Gasteiger partial charge in [0.25, 0.3) is 0 Å². The summed E-state index contributed by atoms with van der Waals surface area (Å²) in [5.74, 6) is 6.93. The Kier molecular flexibility index (Phi) is 4.98. The summed E-state index contributed by atoms with van der Waals surface area (Å²) in [6.45, 7) is 3.05. The van der Waals surface area contributed by atoms with E-state index in [1.54, 1.807) is 11.2 Å². The van der Waals surface area contributed by atoms with Crippen LogP contribution in [-0.4, -0.2) is 17.8 Å². The molecular weight excluding hydrogens is 236 g/mol. The van der Waals surface area contributed by atoms with E-state index in [4.69, 9.17) is 5.84 Å².